The van der Waals surface area contributed by atoms with Gasteiger partial charge in [-0.25, -0.2) is 0 Å². The highest BCUT2D eigenvalue weighted by Gasteiger charge is 2.21. The predicted octanol–water partition coefficient (Wildman–Crippen LogP) is 1.73. The molecule has 2 fully saturated rings. The topological polar surface area (TPSA) is 34.1 Å². The Kier molecular flexibility index (Phi) is 5.96. The maximum Gasteiger partial charge on any atom is 0.193 e. The van der Waals surface area contributed by atoms with Gasteiger partial charge in [-0.2, -0.15) is 0 Å². The molecule has 1 aromatic rings. The molecule has 0 saturated carbocycles. The number of guanidine groups is 1. The highest BCUT2D eigenvalue weighted by atomic mass is 15.3. The van der Waals surface area contributed by atoms with Crippen LogP contribution < -0.4 is 10.2 Å². The lowest BCUT2D eigenvalue weighted by Gasteiger charge is -2.38. The number of hydrogen-bond donors (Lipinski definition) is 1. The van der Waals surface area contributed by atoms with E-state index in [-0.39, 0.29) is 0 Å². The Morgan fingerprint density at radius 1 is 1.12 bits per heavy atom. The lowest BCUT2D eigenvalue weighted by atomic mass is 9.98. The minimum atomic E-state index is 0.742. The third-order valence-corrected chi connectivity index (χ3v) is 5.18. The van der Waals surface area contributed by atoms with Crippen LogP contribution in [0.5, 0.6) is 0 Å². The largest absolute Gasteiger partial charge is 0.368 e. The van der Waals surface area contributed by atoms with Crippen molar-refractivity contribution in [2.24, 2.45) is 10.9 Å². The molecular weight excluding hydrogens is 298 g/mol. The van der Waals surface area contributed by atoms with Gasteiger partial charge in [0.25, 0.3) is 0 Å². The van der Waals surface area contributed by atoms with Crippen molar-refractivity contribution in [2.45, 2.75) is 12.8 Å². The van der Waals surface area contributed by atoms with Crippen molar-refractivity contribution in [3.8, 4) is 0 Å². The van der Waals surface area contributed by atoms with E-state index < -0.39 is 0 Å². The lowest BCUT2D eigenvalue weighted by molar-refractivity contribution is 0.209. The summed E-state index contributed by atoms with van der Waals surface area (Å²) in [5.74, 6) is 1.81. The zero-order valence-electron chi connectivity index (χ0n) is 15.1. The highest BCUT2D eigenvalue weighted by Crippen LogP contribution is 2.16. The summed E-state index contributed by atoms with van der Waals surface area (Å²) in [4.78, 5) is 11.8. The Morgan fingerprint density at radius 2 is 1.88 bits per heavy atom. The predicted molar refractivity (Wildman–Crippen MR) is 102 cm³/mol. The molecule has 5 nitrogen and oxygen atoms in total. The Labute approximate surface area is 146 Å². The molecule has 2 saturated heterocycles. The first-order chi connectivity index (χ1) is 11.8. The highest BCUT2D eigenvalue weighted by molar-refractivity contribution is 5.80. The number of anilines is 1. The van der Waals surface area contributed by atoms with Crippen LogP contribution in [0.25, 0.3) is 0 Å². The van der Waals surface area contributed by atoms with Gasteiger partial charge in [0.1, 0.15) is 0 Å². The first-order valence-corrected chi connectivity index (χ1v) is 9.20. The Balaban J connectivity index is 1.47. The maximum atomic E-state index is 4.51. The van der Waals surface area contributed by atoms with Crippen LogP contribution in [0.15, 0.2) is 35.3 Å². The average molecular weight is 329 g/mol. The molecule has 5 heteroatoms. The zero-order valence-corrected chi connectivity index (χ0v) is 15.1. The van der Waals surface area contributed by atoms with Gasteiger partial charge in [-0.3, -0.25) is 4.99 Å². The fraction of sp³-hybridized carbons (Fsp3) is 0.632. The van der Waals surface area contributed by atoms with Crippen LogP contribution in [0.3, 0.4) is 0 Å². The summed E-state index contributed by atoms with van der Waals surface area (Å²) in [5.41, 5.74) is 1.32. The van der Waals surface area contributed by atoms with Crippen LogP contribution >= 0.6 is 0 Å². The first kappa shape index (κ1) is 17.1. The van der Waals surface area contributed by atoms with E-state index in [0.717, 1.165) is 44.6 Å². The first-order valence-electron chi connectivity index (χ1n) is 9.20. The monoisotopic (exact) mass is 329 g/mol. The van der Waals surface area contributed by atoms with E-state index in [9.17, 15) is 0 Å². The molecule has 1 unspecified atom stereocenters. The third kappa shape index (κ3) is 4.41. The molecule has 2 heterocycles. The molecule has 0 amide bonds. The number of piperazine rings is 1. The summed E-state index contributed by atoms with van der Waals surface area (Å²) in [5, 5.41) is 3.61. The summed E-state index contributed by atoms with van der Waals surface area (Å²) in [6, 6.07) is 10.7. The smallest absolute Gasteiger partial charge is 0.193 e. The van der Waals surface area contributed by atoms with Crippen molar-refractivity contribution in [3.05, 3.63) is 30.3 Å². The lowest BCUT2D eigenvalue weighted by Crippen LogP contribution is -2.53. The fourth-order valence-electron chi connectivity index (χ4n) is 3.82. The average Bonchev–Trinajstić information content (AvgIpc) is 2.64. The summed E-state index contributed by atoms with van der Waals surface area (Å²) < 4.78 is 0. The van der Waals surface area contributed by atoms with Crippen molar-refractivity contribution >= 4 is 11.6 Å². The summed E-state index contributed by atoms with van der Waals surface area (Å²) in [6.07, 6.45) is 2.65. The fourth-order valence-corrected chi connectivity index (χ4v) is 3.82. The molecule has 1 aromatic carbocycles. The zero-order chi connectivity index (χ0) is 16.8. The number of piperidine rings is 1. The van der Waals surface area contributed by atoms with Gasteiger partial charge in [0.2, 0.25) is 0 Å². The van der Waals surface area contributed by atoms with Crippen LogP contribution in [-0.4, -0.2) is 75.7 Å². The summed E-state index contributed by atoms with van der Waals surface area (Å²) in [7, 11) is 4.13. The molecule has 3 rings (SSSR count). The maximum absolute atomic E-state index is 4.51. The summed E-state index contributed by atoms with van der Waals surface area (Å²) >= 11 is 0. The number of nitrogens with zero attached hydrogens (tertiary/aromatic N) is 4. The van der Waals surface area contributed by atoms with Crippen LogP contribution in [-0.2, 0) is 0 Å². The molecule has 2 aliphatic rings. The SMILES string of the molecule is CN=C(NCC1CCCN(C)C1)N1CCN(c2ccccc2)CC1. The van der Waals surface area contributed by atoms with Gasteiger partial charge >= 0.3 is 0 Å². The number of rotatable bonds is 3. The van der Waals surface area contributed by atoms with E-state index in [1.165, 1.54) is 31.6 Å². The van der Waals surface area contributed by atoms with E-state index in [1.807, 2.05) is 7.05 Å². The second kappa shape index (κ2) is 8.38. The van der Waals surface area contributed by atoms with Gasteiger partial charge in [-0.15, -0.1) is 0 Å². The minimum absolute atomic E-state index is 0.742. The molecule has 0 aliphatic carbocycles. The van der Waals surface area contributed by atoms with Crippen molar-refractivity contribution in [2.75, 3.05) is 64.8 Å². The number of likely N-dealkylation sites (tertiary alicyclic amines) is 1. The summed E-state index contributed by atoms with van der Waals surface area (Å²) in [6.45, 7) is 7.64. The van der Waals surface area contributed by atoms with Crippen molar-refractivity contribution in [1.82, 2.24) is 15.1 Å². The normalized spacial score (nSPS) is 23.4. The van der Waals surface area contributed by atoms with Gasteiger partial charge < -0.3 is 20.0 Å². The molecular formula is C19H31N5. The van der Waals surface area contributed by atoms with Crippen molar-refractivity contribution in [3.63, 3.8) is 0 Å². The molecule has 2 aliphatic heterocycles. The number of hydrogen-bond acceptors (Lipinski definition) is 3. The van der Waals surface area contributed by atoms with E-state index >= 15 is 0 Å². The Bertz CT molecular complexity index is 522. The standard InChI is InChI=1S/C19H31N5/c1-20-19(21-15-17-7-6-10-22(2)16-17)24-13-11-23(12-14-24)18-8-4-3-5-9-18/h3-5,8-9,17H,6-7,10-16H2,1-2H3,(H,20,21). The second-order valence-corrected chi connectivity index (χ2v) is 7.01. The van der Waals surface area contributed by atoms with Crippen molar-refractivity contribution < 1.29 is 0 Å². The number of para-hydroxylation sites is 1. The van der Waals surface area contributed by atoms with Gasteiger partial charge in [-0.1, -0.05) is 18.2 Å². The van der Waals surface area contributed by atoms with E-state index in [2.05, 4.69) is 62.4 Å². The molecule has 1 N–H and O–H groups in total. The molecule has 0 bridgehead atoms. The van der Waals surface area contributed by atoms with Crippen LogP contribution in [0.2, 0.25) is 0 Å². The molecule has 132 valence electrons. The Morgan fingerprint density at radius 3 is 2.54 bits per heavy atom. The molecule has 1 atom stereocenters. The molecule has 0 aromatic heterocycles. The van der Waals surface area contributed by atoms with Crippen LogP contribution in [0, 0.1) is 5.92 Å². The minimum Gasteiger partial charge on any atom is -0.368 e. The van der Waals surface area contributed by atoms with Gasteiger partial charge in [0.15, 0.2) is 5.96 Å². The van der Waals surface area contributed by atoms with Crippen LogP contribution in [0.4, 0.5) is 5.69 Å². The Hall–Kier alpha value is -1.75. The third-order valence-electron chi connectivity index (χ3n) is 5.18. The van der Waals surface area contributed by atoms with Gasteiger partial charge in [0.05, 0.1) is 0 Å². The second-order valence-electron chi connectivity index (χ2n) is 7.01. The molecule has 0 spiro atoms. The van der Waals surface area contributed by atoms with Gasteiger partial charge in [0, 0.05) is 52.0 Å². The van der Waals surface area contributed by atoms with Crippen molar-refractivity contribution in [1.29, 1.82) is 0 Å². The van der Waals surface area contributed by atoms with E-state index in [1.54, 1.807) is 0 Å². The number of aliphatic imine (C=N–C) groups is 1. The van der Waals surface area contributed by atoms with Gasteiger partial charge in [-0.05, 0) is 44.5 Å². The quantitative estimate of drug-likeness (QED) is 0.676. The van der Waals surface area contributed by atoms with E-state index in [0.29, 0.717) is 0 Å². The molecule has 24 heavy (non-hydrogen) atoms. The van der Waals surface area contributed by atoms with Crippen LogP contribution in [0.1, 0.15) is 12.8 Å². The molecule has 0 radical (unpaired) electrons. The number of nitrogens with one attached hydrogen (secondary N) is 1. The number of benzene rings is 1. The van der Waals surface area contributed by atoms with E-state index in [4.69, 9.17) is 0 Å².